The molecule has 2 fully saturated rings. The molecule has 2 atom stereocenters. The van der Waals surface area contributed by atoms with Gasteiger partial charge in [0.25, 0.3) is 5.91 Å². The molecule has 0 spiro atoms. The minimum absolute atomic E-state index is 0.00276. The number of likely N-dealkylation sites (tertiary alicyclic amines) is 1. The number of carbonyl (C=O) groups is 3. The molecule has 0 saturated carbocycles. The van der Waals surface area contributed by atoms with Crippen molar-refractivity contribution in [1.29, 1.82) is 0 Å². The Balaban J connectivity index is 1.54. The van der Waals surface area contributed by atoms with Gasteiger partial charge in [0.2, 0.25) is 11.8 Å². The smallest absolute Gasteiger partial charge is 0.264 e. The van der Waals surface area contributed by atoms with Gasteiger partial charge in [-0.1, -0.05) is 36.4 Å². The van der Waals surface area contributed by atoms with E-state index in [1.54, 1.807) is 4.90 Å². The van der Waals surface area contributed by atoms with Gasteiger partial charge in [0.15, 0.2) is 0 Å². The summed E-state index contributed by atoms with van der Waals surface area (Å²) in [5.74, 6) is -0.139. The summed E-state index contributed by atoms with van der Waals surface area (Å²) in [6.07, 6.45) is 2.11. The molecule has 2 aliphatic rings. The summed E-state index contributed by atoms with van der Waals surface area (Å²) < 4.78 is 0. The van der Waals surface area contributed by atoms with Crippen LogP contribution in [0.1, 0.15) is 35.0 Å². The van der Waals surface area contributed by atoms with Crippen LogP contribution in [0.4, 0.5) is 0 Å². The Bertz CT molecular complexity index is 942. The van der Waals surface area contributed by atoms with Gasteiger partial charge in [-0.25, -0.2) is 0 Å². The molecule has 2 saturated heterocycles. The van der Waals surface area contributed by atoms with Gasteiger partial charge in [-0.2, -0.15) is 0 Å². The Hall–Kier alpha value is -2.71. The van der Waals surface area contributed by atoms with Crippen LogP contribution in [-0.2, 0) is 16.0 Å². The lowest BCUT2D eigenvalue weighted by Gasteiger charge is -2.29. The number of thiophene rings is 1. The lowest BCUT2D eigenvalue weighted by atomic mass is 10.1. The zero-order valence-electron chi connectivity index (χ0n) is 19.1. The fourth-order valence-corrected chi connectivity index (χ4v) is 5.46. The first-order valence-corrected chi connectivity index (χ1v) is 12.6. The van der Waals surface area contributed by atoms with Crippen molar-refractivity contribution < 1.29 is 14.4 Å². The number of nitrogens with one attached hydrogen (secondary N) is 1. The molecule has 2 unspecified atom stereocenters. The molecule has 1 aromatic heterocycles. The zero-order valence-corrected chi connectivity index (χ0v) is 19.9. The highest BCUT2D eigenvalue weighted by atomic mass is 32.1. The van der Waals surface area contributed by atoms with Crippen LogP contribution < -0.4 is 5.32 Å². The summed E-state index contributed by atoms with van der Waals surface area (Å²) >= 11 is 1.43. The molecule has 1 N–H and O–H groups in total. The Morgan fingerprint density at radius 3 is 2.64 bits per heavy atom. The highest BCUT2D eigenvalue weighted by molar-refractivity contribution is 7.12. The number of hydrogen-bond acceptors (Lipinski definition) is 5. The van der Waals surface area contributed by atoms with Gasteiger partial charge in [-0.3, -0.25) is 14.4 Å². The molecule has 2 aliphatic heterocycles. The monoisotopic (exact) mass is 468 g/mol. The molecule has 2 aromatic rings. The van der Waals surface area contributed by atoms with E-state index >= 15 is 0 Å². The molecule has 176 valence electrons. The standard InChI is InChI=1S/C25H32N4O3S/c1-19(30)29-18-21(17-22(29)24(31)27-13-6-11-26-12-15-27)28(25(32)23-9-5-16-33-23)14-10-20-7-3-2-4-8-20/h2-5,7-9,16,21-22,26H,6,10-15,17-18H2,1H3. The average Bonchev–Trinajstić information content (AvgIpc) is 3.44. The summed E-state index contributed by atoms with van der Waals surface area (Å²) in [5, 5.41) is 5.22. The van der Waals surface area contributed by atoms with Crippen LogP contribution in [0.5, 0.6) is 0 Å². The second-order valence-corrected chi connectivity index (χ2v) is 9.66. The number of carbonyl (C=O) groups excluding carboxylic acids is 3. The normalized spacial score (nSPS) is 21.0. The van der Waals surface area contributed by atoms with E-state index in [-0.39, 0.29) is 23.8 Å². The minimum atomic E-state index is -0.513. The fraction of sp³-hybridized carbons (Fsp3) is 0.480. The molecule has 0 bridgehead atoms. The van der Waals surface area contributed by atoms with Crippen LogP contribution >= 0.6 is 11.3 Å². The lowest BCUT2D eigenvalue weighted by molar-refractivity contribution is -0.142. The summed E-state index contributed by atoms with van der Waals surface area (Å²) in [7, 11) is 0. The van der Waals surface area contributed by atoms with Crippen molar-refractivity contribution in [3.8, 4) is 0 Å². The van der Waals surface area contributed by atoms with Crippen molar-refractivity contribution in [3.63, 3.8) is 0 Å². The van der Waals surface area contributed by atoms with E-state index in [0.29, 0.717) is 37.5 Å². The Kier molecular flexibility index (Phi) is 7.77. The van der Waals surface area contributed by atoms with E-state index in [1.807, 2.05) is 45.5 Å². The highest BCUT2D eigenvalue weighted by Gasteiger charge is 2.43. The topological polar surface area (TPSA) is 73.0 Å². The SMILES string of the molecule is CC(=O)N1CC(N(CCc2ccccc2)C(=O)c2cccs2)CC1C(=O)N1CCCNCC1. The third-order valence-corrected chi connectivity index (χ3v) is 7.40. The van der Waals surface area contributed by atoms with Gasteiger partial charge < -0.3 is 20.0 Å². The van der Waals surface area contributed by atoms with E-state index < -0.39 is 6.04 Å². The van der Waals surface area contributed by atoms with E-state index in [4.69, 9.17) is 0 Å². The Morgan fingerprint density at radius 2 is 1.91 bits per heavy atom. The van der Waals surface area contributed by atoms with Gasteiger partial charge >= 0.3 is 0 Å². The molecule has 8 heteroatoms. The van der Waals surface area contributed by atoms with Crippen molar-refractivity contribution in [1.82, 2.24) is 20.0 Å². The number of benzene rings is 1. The molecule has 3 amide bonds. The van der Waals surface area contributed by atoms with E-state index in [9.17, 15) is 14.4 Å². The van der Waals surface area contributed by atoms with Crippen LogP contribution in [-0.4, -0.2) is 83.8 Å². The second-order valence-electron chi connectivity index (χ2n) is 8.72. The van der Waals surface area contributed by atoms with Gasteiger partial charge in [0.05, 0.1) is 10.9 Å². The largest absolute Gasteiger partial charge is 0.340 e. The summed E-state index contributed by atoms with van der Waals surface area (Å²) in [6, 6.07) is 13.1. The Morgan fingerprint density at radius 1 is 1.09 bits per heavy atom. The van der Waals surface area contributed by atoms with Gasteiger partial charge in [-0.05, 0) is 42.8 Å². The average molecular weight is 469 g/mol. The Labute approximate surface area is 199 Å². The lowest BCUT2D eigenvalue weighted by Crippen LogP contribution is -2.48. The maximum Gasteiger partial charge on any atom is 0.264 e. The molecular formula is C25H32N4O3S. The van der Waals surface area contributed by atoms with E-state index in [1.165, 1.54) is 18.3 Å². The molecule has 0 radical (unpaired) electrons. The van der Waals surface area contributed by atoms with Crippen LogP contribution in [0, 0.1) is 0 Å². The van der Waals surface area contributed by atoms with Crippen LogP contribution in [0.3, 0.4) is 0 Å². The van der Waals surface area contributed by atoms with Gasteiger partial charge in [-0.15, -0.1) is 11.3 Å². The van der Waals surface area contributed by atoms with Crippen LogP contribution in [0.2, 0.25) is 0 Å². The molecule has 33 heavy (non-hydrogen) atoms. The first-order valence-electron chi connectivity index (χ1n) is 11.7. The zero-order chi connectivity index (χ0) is 23.2. The third kappa shape index (κ3) is 5.62. The van der Waals surface area contributed by atoms with Crippen molar-refractivity contribution in [2.75, 3.05) is 39.3 Å². The predicted octanol–water partition coefficient (Wildman–Crippen LogP) is 2.24. The van der Waals surface area contributed by atoms with E-state index in [0.717, 1.165) is 31.5 Å². The first kappa shape index (κ1) is 23.4. The second kappa shape index (κ2) is 10.9. The van der Waals surface area contributed by atoms with Crippen molar-refractivity contribution >= 4 is 29.1 Å². The van der Waals surface area contributed by atoms with E-state index in [2.05, 4.69) is 17.4 Å². The molecular weight excluding hydrogens is 436 g/mol. The maximum atomic E-state index is 13.4. The summed E-state index contributed by atoms with van der Waals surface area (Å²) in [6.45, 7) is 5.47. The summed E-state index contributed by atoms with van der Waals surface area (Å²) in [4.78, 5) is 45.5. The molecule has 3 heterocycles. The number of amides is 3. The fourth-order valence-electron chi connectivity index (χ4n) is 4.78. The van der Waals surface area contributed by atoms with Gasteiger partial charge in [0.1, 0.15) is 6.04 Å². The number of rotatable bonds is 6. The molecule has 4 rings (SSSR count). The van der Waals surface area contributed by atoms with Gasteiger partial charge in [0, 0.05) is 39.6 Å². The quantitative estimate of drug-likeness (QED) is 0.706. The van der Waals surface area contributed by atoms with Crippen LogP contribution in [0.15, 0.2) is 47.8 Å². The molecule has 1 aromatic carbocycles. The molecule has 7 nitrogen and oxygen atoms in total. The highest BCUT2D eigenvalue weighted by Crippen LogP contribution is 2.27. The van der Waals surface area contributed by atoms with Crippen molar-refractivity contribution in [2.45, 2.75) is 38.3 Å². The number of nitrogens with zero attached hydrogens (tertiary/aromatic N) is 3. The predicted molar refractivity (Wildman–Crippen MR) is 129 cm³/mol. The van der Waals surface area contributed by atoms with Crippen LogP contribution in [0.25, 0.3) is 0 Å². The molecule has 0 aliphatic carbocycles. The first-order chi connectivity index (χ1) is 16.0. The minimum Gasteiger partial charge on any atom is -0.340 e. The third-order valence-electron chi connectivity index (χ3n) is 6.54. The number of hydrogen-bond donors (Lipinski definition) is 1. The maximum absolute atomic E-state index is 13.4. The summed E-state index contributed by atoms with van der Waals surface area (Å²) in [5.41, 5.74) is 1.16. The van der Waals surface area contributed by atoms with Crippen molar-refractivity contribution in [3.05, 3.63) is 58.3 Å². The van der Waals surface area contributed by atoms with Crippen molar-refractivity contribution in [2.24, 2.45) is 0 Å².